The summed E-state index contributed by atoms with van der Waals surface area (Å²) >= 11 is 0. The van der Waals surface area contributed by atoms with Gasteiger partial charge in [-0.3, -0.25) is 0 Å². The molecule has 0 unspecified atom stereocenters. The molecule has 0 aromatic carbocycles. The van der Waals surface area contributed by atoms with E-state index in [1.54, 1.807) is 21.3 Å². The maximum atomic E-state index is 5.05. The SMILES string of the molecule is C=C[SiH2]C(OC)=C(OC)OC. The zero-order valence-electron chi connectivity index (χ0n) is 7.22. The third kappa shape index (κ3) is 3.13. The lowest BCUT2D eigenvalue weighted by Gasteiger charge is -2.09. The van der Waals surface area contributed by atoms with Gasteiger partial charge in [-0.1, -0.05) is 5.70 Å². The summed E-state index contributed by atoms with van der Waals surface area (Å²) in [5.41, 5.74) is 1.86. The van der Waals surface area contributed by atoms with Crippen LogP contribution >= 0.6 is 0 Å². The normalized spacial score (nSPS) is 9.36. The smallest absolute Gasteiger partial charge is 0.312 e. The molecule has 0 fully saturated rings. The Bertz CT molecular complexity index is 148. The van der Waals surface area contributed by atoms with Gasteiger partial charge in [0.05, 0.1) is 21.3 Å². The van der Waals surface area contributed by atoms with E-state index in [9.17, 15) is 0 Å². The van der Waals surface area contributed by atoms with E-state index in [0.717, 1.165) is 5.38 Å². The van der Waals surface area contributed by atoms with E-state index in [0.29, 0.717) is 5.95 Å². The second-order valence-electron chi connectivity index (χ2n) is 1.82. The van der Waals surface area contributed by atoms with Crippen molar-refractivity contribution in [2.75, 3.05) is 21.3 Å². The van der Waals surface area contributed by atoms with Crippen molar-refractivity contribution in [3.63, 3.8) is 0 Å². The predicted molar refractivity (Wildman–Crippen MR) is 46.8 cm³/mol. The van der Waals surface area contributed by atoms with Crippen molar-refractivity contribution < 1.29 is 14.2 Å². The highest BCUT2D eigenvalue weighted by molar-refractivity contribution is 6.50. The van der Waals surface area contributed by atoms with Gasteiger partial charge in [0.2, 0.25) is 0 Å². The largest absolute Gasteiger partial charge is 0.499 e. The molecule has 0 aliphatic carbocycles. The van der Waals surface area contributed by atoms with E-state index in [1.807, 2.05) is 5.70 Å². The first-order valence-electron chi connectivity index (χ1n) is 3.26. The Morgan fingerprint density at radius 1 is 1.18 bits per heavy atom. The fourth-order valence-corrected chi connectivity index (χ4v) is 1.58. The van der Waals surface area contributed by atoms with Crippen LogP contribution in [0.4, 0.5) is 0 Å². The number of hydrogen-bond acceptors (Lipinski definition) is 3. The molecule has 0 spiro atoms. The zero-order chi connectivity index (χ0) is 8.69. The van der Waals surface area contributed by atoms with Crippen LogP contribution in [0.25, 0.3) is 0 Å². The summed E-state index contributed by atoms with van der Waals surface area (Å²) in [5.74, 6) is 0.457. The highest BCUT2D eigenvalue weighted by atomic mass is 28.2. The highest BCUT2D eigenvalue weighted by Crippen LogP contribution is 2.05. The third-order valence-corrected chi connectivity index (χ3v) is 2.41. The lowest BCUT2D eigenvalue weighted by atomic mass is 10.9. The fourth-order valence-electron chi connectivity index (χ4n) is 0.692. The standard InChI is InChI=1S/C7H14O3Si/c1-5-11-7(10-4)6(8-2)9-3/h5H,1,11H2,2-4H3. The van der Waals surface area contributed by atoms with E-state index in [2.05, 4.69) is 6.58 Å². The van der Waals surface area contributed by atoms with Gasteiger partial charge in [-0.25, -0.2) is 0 Å². The van der Waals surface area contributed by atoms with Crippen molar-refractivity contribution >= 4 is 9.52 Å². The van der Waals surface area contributed by atoms with E-state index in [4.69, 9.17) is 14.2 Å². The minimum absolute atomic E-state index is 0.457. The van der Waals surface area contributed by atoms with Crippen LogP contribution in [0, 0.1) is 0 Å². The van der Waals surface area contributed by atoms with E-state index < -0.39 is 9.52 Å². The molecule has 0 aliphatic rings. The van der Waals surface area contributed by atoms with Crippen molar-refractivity contribution in [3.05, 3.63) is 23.6 Å². The average molecular weight is 174 g/mol. The van der Waals surface area contributed by atoms with Crippen LogP contribution < -0.4 is 0 Å². The lowest BCUT2D eigenvalue weighted by Crippen LogP contribution is -2.04. The molecule has 0 aliphatic heterocycles. The van der Waals surface area contributed by atoms with Crippen molar-refractivity contribution in [2.24, 2.45) is 0 Å². The summed E-state index contributed by atoms with van der Waals surface area (Å²) < 4.78 is 14.9. The summed E-state index contributed by atoms with van der Waals surface area (Å²) in [6.45, 7) is 3.64. The van der Waals surface area contributed by atoms with Gasteiger partial charge < -0.3 is 14.2 Å². The Morgan fingerprint density at radius 3 is 2.00 bits per heavy atom. The minimum atomic E-state index is -0.562. The molecule has 0 radical (unpaired) electrons. The Labute approximate surface area is 69.5 Å². The molecular formula is C7H14O3Si. The minimum Gasteiger partial charge on any atom is -0.499 e. The van der Waals surface area contributed by atoms with Crippen LogP contribution in [0.1, 0.15) is 0 Å². The van der Waals surface area contributed by atoms with Crippen molar-refractivity contribution in [3.8, 4) is 0 Å². The van der Waals surface area contributed by atoms with Gasteiger partial charge in [0.1, 0.15) is 14.9 Å². The molecule has 0 heterocycles. The molecule has 0 rings (SSSR count). The van der Waals surface area contributed by atoms with Gasteiger partial charge in [-0.15, -0.1) is 6.58 Å². The number of ether oxygens (including phenoxy) is 3. The summed E-state index contributed by atoms with van der Waals surface area (Å²) in [7, 11) is 4.14. The molecule has 3 nitrogen and oxygen atoms in total. The molecule has 64 valence electrons. The van der Waals surface area contributed by atoms with Gasteiger partial charge in [0, 0.05) is 0 Å². The maximum absolute atomic E-state index is 5.05. The van der Waals surface area contributed by atoms with Gasteiger partial charge in [0.15, 0.2) is 0 Å². The maximum Gasteiger partial charge on any atom is 0.312 e. The second kappa shape index (κ2) is 5.85. The molecule has 4 heteroatoms. The molecule has 11 heavy (non-hydrogen) atoms. The molecule has 0 aromatic rings. The summed E-state index contributed by atoms with van der Waals surface area (Å²) in [5, 5.41) is 0.782. The Hall–Kier alpha value is -0.903. The molecular weight excluding hydrogens is 160 g/mol. The molecule has 0 atom stereocenters. The van der Waals surface area contributed by atoms with Crippen LogP contribution in [0.15, 0.2) is 23.6 Å². The van der Waals surface area contributed by atoms with Crippen molar-refractivity contribution in [2.45, 2.75) is 0 Å². The monoisotopic (exact) mass is 174 g/mol. The number of methoxy groups -OCH3 is 3. The highest BCUT2D eigenvalue weighted by Gasteiger charge is 2.05. The van der Waals surface area contributed by atoms with Crippen LogP contribution in [-0.2, 0) is 14.2 Å². The summed E-state index contributed by atoms with van der Waals surface area (Å²) in [6, 6.07) is 0. The van der Waals surface area contributed by atoms with Crippen molar-refractivity contribution in [1.29, 1.82) is 0 Å². The molecule has 0 N–H and O–H groups in total. The Morgan fingerprint density at radius 2 is 1.73 bits per heavy atom. The summed E-state index contributed by atoms with van der Waals surface area (Å²) in [6.07, 6.45) is 0. The van der Waals surface area contributed by atoms with Crippen molar-refractivity contribution in [1.82, 2.24) is 0 Å². The zero-order valence-corrected chi connectivity index (χ0v) is 8.63. The molecule has 0 saturated carbocycles. The van der Waals surface area contributed by atoms with Crippen LogP contribution in [-0.4, -0.2) is 30.8 Å². The predicted octanol–water partition coefficient (Wildman–Crippen LogP) is 0.364. The second-order valence-corrected chi connectivity index (χ2v) is 3.44. The molecule has 0 aromatic heterocycles. The number of rotatable bonds is 5. The quantitative estimate of drug-likeness (QED) is 0.445. The molecule has 0 saturated heterocycles. The first-order chi connectivity index (χ1) is 5.29. The third-order valence-electron chi connectivity index (χ3n) is 1.17. The van der Waals surface area contributed by atoms with Crippen LogP contribution in [0.3, 0.4) is 0 Å². The first-order valence-corrected chi connectivity index (χ1v) is 4.78. The van der Waals surface area contributed by atoms with Gasteiger partial charge >= 0.3 is 5.95 Å². The molecule has 0 amide bonds. The first kappa shape index (κ1) is 10.1. The number of hydrogen-bond donors (Lipinski definition) is 0. The average Bonchev–Trinajstić information content (AvgIpc) is 2.05. The summed E-state index contributed by atoms with van der Waals surface area (Å²) in [4.78, 5) is 0. The molecule has 0 bridgehead atoms. The Balaban J connectivity index is 4.33. The van der Waals surface area contributed by atoms with E-state index in [1.165, 1.54) is 0 Å². The fraction of sp³-hybridized carbons (Fsp3) is 0.429. The van der Waals surface area contributed by atoms with Gasteiger partial charge in [-0.2, -0.15) is 0 Å². The topological polar surface area (TPSA) is 27.7 Å². The van der Waals surface area contributed by atoms with E-state index >= 15 is 0 Å². The van der Waals surface area contributed by atoms with E-state index in [-0.39, 0.29) is 0 Å². The Kier molecular flexibility index (Phi) is 5.37. The van der Waals surface area contributed by atoms with Crippen LogP contribution in [0.5, 0.6) is 0 Å². The van der Waals surface area contributed by atoms with Crippen LogP contribution in [0.2, 0.25) is 0 Å². The van der Waals surface area contributed by atoms with Gasteiger partial charge in [-0.05, 0) is 0 Å². The lowest BCUT2D eigenvalue weighted by molar-refractivity contribution is 0.0756. The van der Waals surface area contributed by atoms with Gasteiger partial charge in [0.25, 0.3) is 0 Å².